The number of nitrogens with one attached hydrogen (secondary N) is 1. The predicted molar refractivity (Wildman–Crippen MR) is 102 cm³/mol. The summed E-state index contributed by atoms with van der Waals surface area (Å²) in [6.07, 6.45) is 1.84. The van der Waals surface area contributed by atoms with Crippen LogP contribution in [0.2, 0.25) is 0 Å². The maximum atomic E-state index is 12.5. The van der Waals surface area contributed by atoms with Crippen molar-refractivity contribution in [1.29, 1.82) is 5.26 Å². The van der Waals surface area contributed by atoms with Crippen LogP contribution in [0.25, 0.3) is 0 Å². The number of aryl methyl sites for hydroxylation is 1. The molecule has 28 heavy (non-hydrogen) atoms. The van der Waals surface area contributed by atoms with E-state index in [9.17, 15) is 14.9 Å². The summed E-state index contributed by atoms with van der Waals surface area (Å²) in [5.74, 6) is -0.899. The molecule has 1 N–H and O–H groups in total. The second-order valence-corrected chi connectivity index (χ2v) is 7.40. The molecule has 0 saturated heterocycles. The van der Waals surface area contributed by atoms with Crippen molar-refractivity contribution in [3.05, 3.63) is 52.8 Å². The fourth-order valence-electron chi connectivity index (χ4n) is 3.31. The van der Waals surface area contributed by atoms with Crippen LogP contribution in [0.4, 0.5) is 0 Å². The first-order valence-corrected chi connectivity index (χ1v) is 9.31. The second kappa shape index (κ2) is 7.85. The number of hydrogen-bond donors (Lipinski definition) is 1. The Kier molecular flexibility index (Phi) is 5.50. The van der Waals surface area contributed by atoms with Crippen LogP contribution in [0.1, 0.15) is 47.1 Å². The molecule has 1 aliphatic carbocycles. The highest BCUT2D eigenvalue weighted by Crippen LogP contribution is 2.39. The lowest BCUT2D eigenvalue weighted by Crippen LogP contribution is -2.48. The van der Waals surface area contributed by atoms with Gasteiger partial charge in [0.2, 0.25) is 0 Å². The topological polar surface area (TPSA) is 97.0 Å². The minimum Gasteiger partial charge on any atom is -0.452 e. The van der Waals surface area contributed by atoms with Crippen LogP contribution in [0.15, 0.2) is 30.3 Å². The first-order chi connectivity index (χ1) is 13.3. The molecule has 2 aromatic rings. The van der Waals surface area contributed by atoms with Crippen molar-refractivity contribution in [3.8, 4) is 6.07 Å². The van der Waals surface area contributed by atoms with E-state index in [2.05, 4.69) is 16.5 Å². The Balaban J connectivity index is 1.63. The monoisotopic (exact) mass is 380 g/mol. The van der Waals surface area contributed by atoms with Crippen molar-refractivity contribution in [2.24, 2.45) is 5.92 Å². The zero-order chi connectivity index (χ0) is 20.3. The molecule has 3 rings (SSSR count). The Bertz CT molecular complexity index is 925. The molecule has 0 spiro atoms. The molecule has 1 aromatic carbocycles. The van der Waals surface area contributed by atoms with Crippen molar-refractivity contribution in [3.63, 3.8) is 0 Å². The van der Waals surface area contributed by atoms with E-state index in [0.717, 1.165) is 18.4 Å². The molecule has 7 nitrogen and oxygen atoms in total. The number of amides is 1. The summed E-state index contributed by atoms with van der Waals surface area (Å²) in [6.45, 7) is 5.37. The van der Waals surface area contributed by atoms with Crippen LogP contribution in [0.3, 0.4) is 0 Å². The molecule has 1 heterocycles. The molecule has 0 bridgehead atoms. The summed E-state index contributed by atoms with van der Waals surface area (Å²) < 4.78 is 6.94. The van der Waals surface area contributed by atoms with Gasteiger partial charge >= 0.3 is 5.97 Å². The maximum Gasteiger partial charge on any atom is 0.342 e. The third-order valence-electron chi connectivity index (χ3n) is 5.12. The van der Waals surface area contributed by atoms with Gasteiger partial charge in [-0.15, -0.1) is 0 Å². The summed E-state index contributed by atoms with van der Waals surface area (Å²) in [6, 6.07) is 12.0. The predicted octanol–water partition coefficient (Wildman–Crippen LogP) is 2.51. The van der Waals surface area contributed by atoms with E-state index in [-0.39, 0.29) is 5.92 Å². The van der Waals surface area contributed by atoms with Gasteiger partial charge in [0.15, 0.2) is 6.61 Å². The summed E-state index contributed by atoms with van der Waals surface area (Å²) in [5.41, 5.74) is 1.78. The molecular formula is C21H24N4O3. The average Bonchev–Trinajstić information content (AvgIpc) is 3.49. The molecule has 1 aromatic heterocycles. The van der Waals surface area contributed by atoms with Crippen molar-refractivity contribution in [2.75, 3.05) is 6.61 Å². The SMILES string of the molecule is Cc1nn(Cc2ccccc2)c(C)c1C(=O)OCC(=O)N[C@@](C)(C#N)C1CC1. The van der Waals surface area contributed by atoms with Gasteiger partial charge in [-0.2, -0.15) is 10.4 Å². The van der Waals surface area contributed by atoms with Gasteiger partial charge in [0.05, 0.1) is 24.0 Å². The Morgan fingerprint density at radius 2 is 2.00 bits per heavy atom. The minimum atomic E-state index is -0.907. The number of hydrogen-bond acceptors (Lipinski definition) is 5. The number of aromatic nitrogens is 2. The van der Waals surface area contributed by atoms with Gasteiger partial charge < -0.3 is 10.1 Å². The van der Waals surface area contributed by atoms with Gasteiger partial charge in [0, 0.05) is 0 Å². The van der Waals surface area contributed by atoms with Gasteiger partial charge in [-0.1, -0.05) is 30.3 Å². The van der Waals surface area contributed by atoms with E-state index in [1.807, 2.05) is 30.3 Å². The number of ether oxygens (including phenoxy) is 1. The Hall–Kier alpha value is -3.14. The normalized spacial score (nSPS) is 15.4. The average molecular weight is 380 g/mol. The Morgan fingerprint density at radius 1 is 1.32 bits per heavy atom. The molecular weight excluding hydrogens is 356 g/mol. The van der Waals surface area contributed by atoms with Crippen molar-refractivity contribution < 1.29 is 14.3 Å². The van der Waals surface area contributed by atoms with Crippen LogP contribution in [0, 0.1) is 31.1 Å². The van der Waals surface area contributed by atoms with Crippen LogP contribution in [-0.2, 0) is 16.1 Å². The third-order valence-corrected chi connectivity index (χ3v) is 5.12. The summed E-state index contributed by atoms with van der Waals surface area (Å²) in [5, 5.41) is 16.4. The van der Waals surface area contributed by atoms with Crippen LogP contribution in [-0.4, -0.2) is 33.8 Å². The molecule has 7 heteroatoms. The Morgan fingerprint density at radius 3 is 2.61 bits per heavy atom. The minimum absolute atomic E-state index is 0.165. The molecule has 0 aliphatic heterocycles. The number of nitriles is 1. The number of esters is 1. The van der Waals surface area contributed by atoms with Crippen molar-refractivity contribution >= 4 is 11.9 Å². The van der Waals surface area contributed by atoms with Crippen LogP contribution >= 0.6 is 0 Å². The molecule has 0 radical (unpaired) electrons. The van der Waals surface area contributed by atoms with Gasteiger partial charge in [-0.25, -0.2) is 4.79 Å². The molecule has 0 unspecified atom stereocenters. The largest absolute Gasteiger partial charge is 0.452 e. The highest BCUT2D eigenvalue weighted by atomic mass is 16.5. The lowest BCUT2D eigenvalue weighted by molar-refractivity contribution is -0.125. The fourth-order valence-corrected chi connectivity index (χ4v) is 3.31. The highest BCUT2D eigenvalue weighted by molar-refractivity contribution is 5.93. The number of nitrogens with zero attached hydrogens (tertiary/aromatic N) is 3. The molecule has 1 atom stereocenters. The first-order valence-electron chi connectivity index (χ1n) is 9.31. The highest BCUT2D eigenvalue weighted by Gasteiger charge is 2.43. The van der Waals surface area contributed by atoms with Gasteiger partial charge in [-0.05, 0) is 45.1 Å². The van der Waals surface area contributed by atoms with Crippen LogP contribution < -0.4 is 5.32 Å². The first kappa shape index (κ1) is 19.6. The Labute approximate surface area is 164 Å². The molecule has 1 amide bonds. The smallest absolute Gasteiger partial charge is 0.342 e. The van der Waals surface area contributed by atoms with E-state index >= 15 is 0 Å². The van der Waals surface area contributed by atoms with E-state index < -0.39 is 24.0 Å². The molecule has 1 aliphatic rings. The number of rotatable bonds is 7. The summed E-state index contributed by atoms with van der Waals surface area (Å²) >= 11 is 0. The summed E-state index contributed by atoms with van der Waals surface area (Å²) in [4.78, 5) is 24.7. The van der Waals surface area contributed by atoms with Crippen LogP contribution in [0.5, 0.6) is 0 Å². The van der Waals surface area contributed by atoms with Crippen molar-refractivity contribution in [1.82, 2.24) is 15.1 Å². The number of carbonyl (C=O) groups is 2. The van der Waals surface area contributed by atoms with E-state index in [0.29, 0.717) is 23.5 Å². The van der Waals surface area contributed by atoms with Gasteiger partial charge in [-0.3, -0.25) is 9.48 Å². The van der Waals surface area contributed by atoms with E-state index in [1.54, 1.807) is 25.5 Å². The maximum absolute atomic E-state index is 12.5. The second-order valence-electron chi connectivity index (χ2n) is 7.40. The van der Waals surface area contributed by atoms with Gasteiger partial charge in [0.25, 0.3) is 5.91 Å². The number of carbonyl (C=O) groups excluding carboxylic acids is 2. The van der Waals surface area contributed by atoms with Crippen molar-refractivity contribution in [2.45, 2.75) is 45.7 Å². The standard InChI is InChI=1S/C21H24N4O3/c1-14-19(15(2)25(24-14)11-16-7-5-4-6-8-16)20(27)28-12-18(26)23-21(3,13-22)17-9-10-17/h4-8,17H,9-12H2,1-3H3,(H,23,26)/t21-/m0/s1. The van der Waals surface area contributed by atoms with E-state index in [1.165, 1.54) is 0 Å². The number of benzene rings is 1. The molecule has 146 valence electrons. The zero-order valence-corrected chi connectivity index (χ0v) is 16.4. The van der Waals surface area contributed by atoms with E-state index in [4.69, 9.17) is 4.74 Å². The third kappa shape index (κ3) is 4.22. The zero-order valence-electron chi connectivity index (χ0n) is 16.4. The fraction of sp³-hybridized carbons (Fsp3) is 0.429. The quantitative estimate of drug-likeness (QED) is 0.745. The lowest BCUT2D eigenvalue weighted by atomic mass is 9.98. The molecule has 1 saturated carbocycles. The van der Waals surface area contributed by atoms with Gasteiger partial charge in [0.1, 0.15) is 11.1 Å². The molecule has 1 fully saturated rings. The lowest BCUT2D eigenvalue weighted by Gasteiger charge is -2.22. The summed E-state index contributed by atoms with van der Waals surface area (Å²) in [7, 11) is 0.